The molecule has 0 unspecified atom stereocenters. The minimum Gasteiger partial charge on any atom is -0.326 e. The van der Waals surface area contributed by atoms with Crippen molar-refractivity contribution < 1.29 is 13.2 Å². The van der Waals surface area contributed by atoms with Crippen molar-refractivity contribution in [3.05, 3.63) is 28.2 Å². The molecule has 2 rings (SSSR count). The van der Waals surface area contributed by atoms with E-state index in [1.54, 1.807) is 39.0 Å². The molecule has 0 radical (unpaired) electrons. The van der Waals surface area contributed by atoms with Gasteiger partial charge in [-0.25, -0.2) is 13.1 Å². The fourth-order valence-electron chi connectivity index (χ4n) is 2.69. The van der Waals surface area contributed by atoms with E-state index in [2.05, 4.69) is 10.0 Å². The molecule has 0 aliphatic heterocycles. The smallest absolute Gasteiger partial charge is 0.227 e. The summed E-state index contributed by atoms with van der Waals surface area (Å²) in [4.78, 5) is 12.4. The maximum Gasteiger partial charge on any atom is 0.227 e. The average molecular weight is 407 g/mol. The van der Waals surface area contributed by atoms with Crippen LogP contribution in [0, 0.1) is 5.92 Å². The Morgan fingerprint density at radius 2 is 1.68 bits per heavy atom. The monoisotopic (exact) mass is 406 g/mol. The van der Waals surface area contributed by atoms with Gasteiger partial charge in [0.05, 0.1) is 14.8 Å². The van der Waals surface area contributed by atoms with Gasteiger partial charge in [-0.2, -0.15) is 0 Å². The van der Waals surface area contributed by atoms with Crippen LogP contribution in [0.15, 0.2) is 18.2 Å². The first-order valence-corrected chi connectivity index (χ1v) is 10.5. The Kier molecular flexibility index (Phi) is 6.41. The van der Waals surface area contributed by atoms with E-state index in [1.807, 2.05) is 0 Å². The van der Waals surface area contributed by atoms with Crippen molar-refractivity contribution in [1.29, 1.82) is 0 Å². The summed E-state index contributed by atoms with van der Waals surface area (Å²) in [6.07, 6.45) is 2.58. The Morgan fingerprint density at radius 3 is 2.20 bits per heavy atom. The summed E-state index contributed by atoms with van der Waals surface area (Å²) < 4.78 is 26.4. The van der Waals surface area contributed by atoms with E-state index in [0.717, 1.165) is 0 Å². The lowest BCUT2D eigenvalue weighted by atomic mass is 9.86. The second-order valence-electron chi connectivity index (χ2n) is 7.40. The van der Waals surface area contributed by atoms with Gasteiger partial charge >= 0.3 is 0 Å². The molecule has 1 aromatic rings. The molecule has 1 amide bonds. The molecule has 0 heterocycles. The largest absolute Gasteiger partial charge is 0.326 e. The van der Waals surface area contributed by atoms with E-state index in [4.69, 9.17) is 23.2 Å². The average Bonchev–Trinajstić information content (AvgIpc) is 2.50. The minimum absolute atomic E-state index is 0.0736. The predicted molar refractivity (Wildman–Crippen MR) is 103 cm³/mol. The normalized spacial score (nSPS) is 21.8. The molecule has 1 aliphatic rings. The molecule has 0 bridgehead atoms. The van der Waals surface area contributed by atoms with Crippen LogP contribution in [-0.2, 0) is 14.8 Å². The van der Waals surface area contributed by atoms with Crippen molar-refractivity contribution in [1.82, 2.24) is 4.72 Å². The number of hydrogen-bond donors (Lipinski definition) is 2. The molecule has 1 fully saturated rings. The number of amides is 1. The molecule has 0 saturated heterocycles. The molecule has 0 atom stereocenters. The Balaban J connectivity index is 1.89. The third-order valence-corrected chi connectivity index (χ3v) is 7.41. The fourth-order valence-corrected chi connectivity index (χ4v) is 4.01. The second-order valence-corrected chi connectivity index (χ2v) is 10.7. The van der Waals surface area contributed by atoms with Crippen LogP contribution in [0.4, 0.5) is 5.69 Å². The van der Waals surface area contributed by atoms with Gasteiger partial charge in [-0.1, -0.05) is 23.2 Å². The van der Waals surface area contributed by atoms with E-state index in [9.17, 15) is 13.2 Å². The van der Waals surface area contributed by atoms with E-state index in [0.29, 0.717) is 41.4 Å². The lowest BCUT2D eigenvalue weighted by Crippen LogP contribution is -2.46. The summed E-state index contributed by atoms with van der Waals surface area (Å²) in [5.41, 5.74) is 0.606. The SMILES string of the molecule is CC(C)(C)S(=O)(=O)NC1CCC(C(=O)Nc2ccc(Cl)c(Cl)c2)CC1. The highest BCUT2D eigenvalue weighted by Crippen LogP contribution is 2.29. The topological polar surface area (TPSA) is 75.3 Å². The zero-order valence-corrected chi connectivity index (χ0v) is 16.9. The Hall–Kier alpha value is -0.820. The molecule has 1 saturated carbocycles. The molecule has 1 aliphatic carbocycles. The van der Waals surface area contributed by atoms with Crippen molar-refractivity contribution in [3.63, 3.8) is 0 Å². The molecule has 0 spiro atoms. The zero-order chi connectivity index (χ0) is 18.8. The molecular weight excluding hydrogens is 383 g/mol. The Labute approximate surface area is 159 Å². The summed E-state index contributed by atoms with van der Waals surface area (Å²) in [7, 11) is -3.37. The van der Waals surface area contributed by atoms with Crippen LogP contribution in [0.25, 0.3) is 0 Å². The summed E-state index contributed by atoms with van der Waals surface area (Å²) in [6.45, 7) is 5.02. The van der Waals surface area contributed by atoms with Gasteiger partial charge in [-0.3, -0.25) is 4.79 Å². The minimum atomic E-state index is -3.37. The highest BCUT2D eigenvalue weighted by molar-refractivity contribution is 7.90. The highest BCUT2D eigenvalue weighted by Gasteiger charge is 2.34. The molecule has 140 valence electrons. The van der Waals surface area contributed by atoms with Crippen LogP contribution in [0.1, 0.15) is 46.5 Å². The first kappa shape index (κ1) is 20.5. The number of hydrogen-bond acceptors (Lipinski definition) is 3. The van der Waals surface area contributed by atoms with Crippen LogP contribution < -0.4 is 10.0 Å². The molecule has 5 nitrogen and oxygen atoms in total. The number of carbonyl (C=O) groups excluding carboxylic acids is 1. The standard InChI is InChI=1S/C17H24Cl2N2O3S/c1-17(2,3)25(23,24)21-12-6-4-11(5-7-12)16(22)20-13-8-9-14(18)15(19)10-13/h8-12,21H,4-7H2,1-3H3,(H,20,22). The van der Waals surface area contributed by atoms with Gasteiger partial charge in [0, 0.05) is 17.6 Å². The predicted octanol–water partition coefficient (Wildman–Crippen LogP) is 4.21. The zero-order valence-electron chi connectivity index (χ0n) is 14.6. The van der Waals surface area contributed by atoms with Gasteiger partial charge in [0.25, 0.3) is 0 Å². The quantitative estimate of drug-likeness (QED) is 0.785. The van der Waals surface area contributed by atoms with Crippen molar-refractivity contribution >= 4 is 44.8 Å². The van der Waals surface area contributed by atoms with Crippen LogP contribution >= 0.6 is 23.2 Å². The maximum absolute atomic E-state index is 12.4. The van der Waals surface area contributed by atoms with Gasteiger partial charge < -0.3 is 5.32 Å². The maximum atomic E-state index is 12.4. The molecular formula is C17H24Cl2N2O3S. The van der Waals surface area contributed by atoms with Crippen LogP contribution in [0.5, 0.6) is 0 Å². The summed E-state index contributed by atoms with van der Waals surface area (Å²) >= 11 is 11.8. The number of halogens is 2. The van der Waals surface area contributed by atoms with Crippen LogP contribution in [-0.4, -0.2) is 25.1 Å². The Morgan fingerprint density at radius 1 is 1.08 bits per heavy atom. The number of sulfonamides is 1. The number of rotatable bonds is 4. The lowest BCUT2D eigenvalue weighted by Gasteiger charge is -2.30. The van der Waals surface area contributed by atoms with Gasteiger partial charge in [0.1, 0.15) is 0 Å². The first-order chi connectivity index (χ1) is 11.5. The van der Waals surface area contributed by atoms with Crippen molar-refractivity contribution in [2.45, 2.75) is 57.2 Å². The third-order valence-electron chi connectivity index (χ3n) is 4.41. The van der Waals surface area contributed by atoms with Crippen molar-refractivity contribution in [2.75, 3.05) is 5.32 Å². The van der Waals surface area contributed by atoms with Crippen LogP contribution in [0.2, 0.25) is 10.0 Å². The summed E-state index contributed by atoms with van der Waals surface area (Å²) in [5, 5.41) is 3.67. The van der Waals surface area contributed by atoms with Crippen LogP contribution in [0.3, 0.4) is 0 Å². The number of nitrogens with one attached hydrogen (secondary N) is 2. The molecule has 25 heavy (non-hydrogen) atoms. The molecule has 2 N–H and O–H groups in total. The van der Waals surface area contributed by atoms with E-state index >= 15 is 0 Å². The van der Waals surface area contributed by atoms with E-state index < -0.39 is 14.8 Å². The van der Waals surface area contributed by atoms with Gasteiger partial charge in [0.2, 0.25) is 15.9 Å². The second kappa shape index (κ2) is 7.82. The van der Waals surface area contributed by atoms with Gasteiger partial charge in [-0.15, -0.1) is 0 Å². The number of anilines is 1. The number of benzene rings is 1. The fraction of sp³-hybridized carbons (Fsp3) is 0.588. The molecule has 8 heteroatoms. The Bertz CT molecular complexity index is 737. The summed E-state index contributed by atoms with van der Waals surface area (Å²) in [5.74, 6) is -0.208. The molecule has 0 aromatic heterocycles. The van der Waals surface area contributed by atoms with E-state index in [-0.39, 0.29) is 17.9 Å². The third kappa shape index (κ3) is 5.33. The first-order valence-electron chi connectivity index (χ1n) is 8.27. The summed E-state index contributed by atoms with van der Waals surface area (Å²) in [6, 6.07) is 4.84. The highest BCUT2D eigenvalue weighted by atomic mass is 35.5. The van der Waals surface area contributed by atoms with Gasteiger partial charge in [0.15, 0.2) is 0 Å². The van der Waals surface area contributed by atoms with E-state index in [1.165, 1.54) is 0 Å². The van der Waals surface area contributed by atoms with Gasteiger partial charge in [-0.05, 0) is 64.7 Å². The lowest BCUT2D eigenvalue weighted by molar-refractivity contribution is -0.120. The number of carbonyl (C=O) groups is 1. The van der Waals surface area contributed by atoms with Crippen molar-refractivity contribution in [3.8, 4) is 0 Å². The molecule has 1 aromatic carbocycles. The van der Waals surface area contributed by atoms with Crippen molar-refractivity contribution in [2.24, 2.45) is 5.92 Å².